The molecule has 7 aliphatic heterocycles. The van der Waals surface area contributed by atoms with Crippen LogP contribution < -0.4 is 52.1 Å². The highest BCUT2D eigenvalue weighted by molar-refractivity contribution is 5.88. The van der Waals surface area contributed by atoms with Crippen molar-refractivity contribution in [2.45, 2.75) is 340 Å². The summed E-state index contributed by atoms with van der Waals surface area (Å²) in [5, 5.41) is 7.13. The molecule has 0 bridgehead atoms. The molecule has 130 heavy (non-hydrogen) atoms. The first-order valence-electron chi connectivity index (χ1n) is 49.5. The Labute approximate surface area is 793 Å². The molecule has 1 aliphatic carbocycles. The zero-order valence-electron chi connectivity index (χ0n) is 89.3. The predicted molar refractivity (Wildman–Crippen MR) is 559 cm³/mol. The molecule has 0 saturated carbocycles. The Morgan fingerprint density at radius 3 is 0.777 bits per heavy atom. The van der Waals surface area contributed by atoms with Crippen LogP contribution in [0.5, 0.6) is 63.2 Å². The van der Waals surface area contributed by atoms with Crippen LogP contribution >= 0.6 is 0 Å². The Bertz CT molecular complexity index is 4380. The molecule has 8 aliphatic rings. The second kappa shape index (κ2) is 59.5. The highest BCUT2D eigenvalue weighted by atomic mass is 16.7. The lowest BCUT2D eigenvalue weighted by Gasteiger charge is -2.35. The molecular formula is C117H182O13. The van der Waals surface area contributed by atoms with Gasteiger partial charge in [0.2, 0.25) is 12.6 Å². The summed E-state index contributed by atoms with van der Waals surface area (Å²) in [5.41, 5.74) is 2.24. The molecule has 9 aromatic rings. The fraction of sp³-hybridized carbons (Fsp3) is 0.556. The number of para-hydroxylation sites is 5. The molecule has 13 heteroatoms. The maximum Gasteiger partial charge on any atom is 0.246 e. The van der Waals surface area contributed by atoms with Crippen molar-refractivity contribution in [3.8, 4) is 63.2 Å². The number of allylic oxidation sites excluding steroid dienone is 2. The minimum Gasteiger partial charge on any atom is -0.490 e. The van der Waals surface area contributed by atoms with E-state index < -0.39 is 0 Å². The van der Waals surface area contributed by atoms with E-state index in [-0.39, 0.29) is 74.9 Å². The summed E-state index contributed by atoms with van der Waals surface area (Å²) in [6, 6.07) is 61.1. The van der Waals surface area contributed by atoms with Crippen molar-refractivity contribution >= 4 is 32.3 Å². The molecule has 1 saturated heterocycles. The lowest BCUT2D eigenvalue weighted by atomic mass is 9.82. The average Bonchev–Trinajstić information content (AvgIpc) is 1.76. The van der Waals surface area contributed by atoms with Gasteiger partial charge in [0, 0.05) is 33.5 Å². The van der Waals surface area contributed by atoms with E-state index >= 15 is 0 Å². The van der Waals surface area contributed by atoms with Crippen LogP contribution in [0.1, 0.15) is 296 Å². The topological polar surface area (TPSA) is 120 Å². The number of aryl methyl sites for hydroxylation is 1. The van der Waals surface area contributed by atoms with Crippen molar-refractivity contribution in [1.82, 2.24) is 0 Å². The van der Waals surface area contributed by atoms with Gasteiger partial charge in [0.25, 0.3) is 0 Å². The molecule has 7 heterocycles. The molecule has 1 fully saturated rings. The van der Waals surface area contributed by atoms with Crippen molar-refractivity contribution < 1.29 is 61.6 Å². The minimum absolute atomic E-state index is 0.0129. The van der Waals surface area contributed by atoms with Gasteiger partial charge in [-0.15, -0.1) is 0 Å². The van der Waals surface area contributed by atoms with Gasteiger partial charge in [0.15, 0.2) is 57.5 Å². The van der Waals surface area contributed by atoms with Gasteiger partial charge in [-0.1, -0.05) is 423 Å². The van der Waals surface area contributed by atoms with Gasteiger partial charge in [0.1, 0.15) is 49.5 Å². The number of ether oxygens (including phenoxy) is 13. The van der Waals surface area contributed by atoms with Gasteiger partial charge in [-0.05, 0) is 134 Å². The molecule has 9 aromatic carbocycles. The van der Waals surface area contributed by atoms with E-state index in [1.165, 1.54) is 37.9 Å². The molecule has 0 N–H and O–H groups in total. The van der Waals surface area contributed by atoms with Crippen LogP contribution in [0.25, 0.3) is 32.3 Å². The summed E-state index contributed by atoms with van der Waals surface area (Å²) >= 11 is 0. The van der Waals surface area contributed by atoms with Crippen LogP contribution in [0, 0.1) is 49.7 Å². The second-order valence-corrected chi connectivity index (χ2v) is 37.5. The highest BCUT2D eigenvalue weighted by Crippen LogP contribution is 2.46. The largest absolute Gasteiger partial charge is 0.490 e. The fourth-order valence-electron chi connectivity index (χ4n) is 13.0. The Hall–Kier alpha value is -9.04. The van der Waals surface area contributed by atoms with E-state index in [9.17, 15) is 0 Å². The van der Waals surface area contributed by atoms with E-state index in [0.29, 0.717) is 31.2 Å². The molecule has 0 aromatic heterocycles. The summed E-state index contributed by atoms with van der Waals surface area (Å²) in [4.78, 5) is 0. The number of benzene rings is 9. The Balaban J connectivity index is 0.000000735. The fourth-order valence-corrected chi connectivity index (χ4v) is 13.0. The van der Waals surface area contributed by atoms with Crippen LogP contribution in [-0.2, 0) is 15.9 Å². The minimum atomic E-state index is -0.200. The maximum absolute atomic E-state index is 6.08. The van der Waals surface area contributed by atoms with Gasteiger partial charge < -0.3 is 61.6 Å². The molecule has 5 unspecified atom stereocenters. The van der Waals surface area contributed by atoms with Gasteiger partial charge >= 0.3 is 0 Å². The summed E-state index contributed by atoms with van der Waals surface area (Å²) in [7, 11) is 0. The Morgan fingerprint density at radius 2 is 0.454 bits per heavy atom. The second-order valence-electron chi connectivity index (χ2n) is 37.5. The monoisotopic (exact) mass is 1800 g/mol. The van der Waals surface area contributed by atoms with Crippen LogP contribution in [0.3, 0.4) is 0 Å². The van der Waals surface area contributed by atoms with Gasteiger partial charge in [-0.25, -0.2) is 0 Å². The molecule has 13 nitrogen and oxygen atoms in total. The van der Waals surface area contributed by atoms with Crippen LogP contribution in [0.15, 0.2) is 206 Å². The molecule has 17 rings (SSSR count). The molecule has 0 amide bonds. The lowest BCUT2D eigenvalue weighted by Crippen LogP contribution is -2.39. The van der Waals surface area contributed by atoms with E-state index in [1.54, 1.807) is 0 Å². The number of rotatable bonds is 0. The van der Waals surface area contributed by atoms with E-state index in [2.05, 4.69) is 249 Å². The zero-order chi connectivity index (χ0) is 99.0. The lowest BCUT2D eigenvalue weighted by molar-refractivity contribution is -0.0396. The number of hydrogen-bond donors (Lipinski definition) is 0. The predicted octanol–water partition coefficient (Wildman–Crippen LogP) is 34.2. The third-order valence-corrected chi connectivity index (χ3v) is 21.0. The van der Waals surface area contributed by atoms with E-state index in [4.69, 9.17) is 61.6 Å². The molecule has 5 atom stereocenters. The van der Waals surface area contributed by atoms with Crippen molar-refractivity contribution in [2.24, 2.45) is 49.7 Å². The zero-order valence-corrected chi connectivity index (χ0v) is 89.3. The molecule has 0 spiro atoms. The summed E-state index contributed by atoms with van der Waals surface area (Å²) in [6.45, 7) is 90.1. The third-order valence-electron chi connectivity index (χ3n) is 21.0. The van der Waals surface area contributed by atoms with Crippen molar-refractivity contribution in [3.63, 3.8) is 0 Å². The van der Waals surface area contributed by atoms with Crippen molar-refractivity contribution in [2.75, 3.05) is 39.6 Å². The van der Waals surface area contributed by atoms with Crippen LogP contribution in [-0.4, -0.2) is 82.7 Å². The smallest absolute Gasteiger partial charge is 0.246 e. The first-order valence-corrected chi connectivity index (χ1v) is 49.5. The maximum atomic E-state index is 6.08. The Kier molecular flexibility index (Phi) is 54.4. The molecule has 0 radical (unpaired) electrons. The molecule has 728 valence electrons. The third kappa shape index (κ3) is 37.9. The van der Waals surface area contributed by atoms with E-state index in [0.717, 1.165) is 103 Å². The molecular weight excluding hydrogens is 1610 g/mol. The van der Waals surface area contributed by atoms with Gasteiger partial charge in [-0.3, -0.25) is 0 Å². The first-order chi connectivity index (χ1) is 61.9. The van der Waals surface area contributed by atoms with Crippen molar-refractivity contribution in [1.29, 1.82) is 0 Å². The Morgan fingerprint density at radius 1 is 0.215 bits per heavy atom. The van der Waals surface area contributed by atoms with Crippen LogP contribution in [0.2, 0.25) is 0 Å². The SMILES string of the molecule is CC.CC.CC.CC.CC.CC.CC.CC.CC.CC.CC(C)(C)C1CCc2ccccc2O1.CC(C)(C)C1COC2C=CC=CC2OC1.CC(C)(C)C1COc2cc3ccccc3cc2O1.CC(C)(C)C1COc2cc3ccccc3cc2OC1.CC(C)(C)C1COc2ccccc2O1.CC(C)(C)C1Oc2cc3ccccc3cc2O1.CC(C)(C)C1Oc2ccccc2O1. The summed E-state index contributed by atoms with van der Waals surface area (Å²) in [6.07, 6.45) is 11.0. The first kappa shape index (κ1) is 119. The summed E-state index contributed by atoms with van der Waals surface area (Å²) < 4.78 is 76.2. The normalized spacial score (nSPS) is 17.8. The standard InChI is InChI=1S/C17H20O2.C16H18O2.C15H16O2.C13H20O2.C13H18O.C12H16O2.C11H14O2.10C2H6/c1-17(2,3)14-10-18-15-8-12-6-4-5-7-13(12)9-16(15)19-11-14;1-16(2,3)15-10-17-13-8-11-6-4-5-7-12(11)9-14(13)18-15;1-15(2,3)14-16-12-8-10-6-4-5-7-11(10)9-13(12)17-14;1-13(2,3)10-8-14-11-6-4-5-7-12(11)15-9-10;1-13(2,3)12-9-8-10-6-4-5-7-11(10)14-12;1-12(2,3)11-8-13-9-6-4-5-7-10(9)14-11;1-11(2,3)10-12-8-6-4-5-7-9(8)13-10;10*1-2/h4-9,14H,10-11H2,1-3H3;4-9,15H,10H2,1-3H3;4-9,14H,1-3H3;4-7,10-12H,8-9H2,1-3H3;4-7,12H,8-9H2,1-3H3;4-7,11H,8H2,1-3H3;4-7,10H,1-3H3;10*1-2H3. The highest BCUT2D eigenvalue weighted by Gasteiger charge is 2.39. The number of fused-ring (bicyclic) bond motifs is 10. The van der Waals surface area contributed by atoms with E-state index in [1.807, 2.05) is 242 Å². The van der Waals surface area contributed by atoms with Gasteiger partial charge in [0.05, 0.1) is 26.4 Å². The van der Waals surface area contributed by atoms with Crippen molar-refractivity contribution in [3.05, 3.63) is 212 Å². The average molecular weight is 1800 g/mol. The summed E-state index contributed by atoms with van der Waals surface area (Å²) in [5.74, 6) is 10.5. The quantitative estimate of drug-likeness (QED) is 0.143. The van der Waals surface area contributed by atoms with Crippen LogP contribution in [0.4, 0.5) is 0 Å². The van der Waals surface area contributed by atoms with Gasteiger partial charge in [-0.2, -0.15) is 0 Å². The number of hydrogen-bond acceptors (Lipinski definition) is 13.